The van der Waals surface area contributed by atoms with E-state index in [1.54, 1.807) is 0 Å². The van der Waals surface area contributed by atoms with Crippen LogP contribution in [0.5, 0.6) is 0 Å². The van der Waals surface area contributed by atoms with Crippen molar-refractivity contribution in [2.45, 2.75) is 20.3 Å². The third-order valence-electron chi connectivity index (χ3n) is 1.73. The lowest BCUT2D eigenvalue weighted by Crippen LogP contribution is -2.27. The molecule has 0 saturated carbocycles. The van der Waals surface area contributed by atoms with Crippen LogP contribution in [0.4, 0.5) is 0 Å². The Balaban J connectivity index is 4.23. The fraction of sp³-hybridized carbons (Fsp3) is 0.750. The molecule has 0 rings (SSSR count). The van der Waals surface area contributed by atoms with E-state index in [9.17, 15) is 9.59 Å². The Hall–Kier alpha value is -1.06. The first-order valence-electron chi connectivity index (χ1n) is 3.85. The standard InChI is InChI=1S/C8H15NO3/c1-5(2)6(4-7(9)10)8(11)12-3/h5-6H,4H2,1-3H3,(H2,9,10). The number of ether oxygens (including phenoxy) is 1. The number of primary amides is 1. The minimum atomic E-state index is -0.473. The highest BCUT2D eigenvalue weighted by Crippen LogP contribution is 2.15. The molecule has 4 nitrogen and oxygen atoms in total. The van der Waals surface area contributed by atoms with E-state index in [-0.39, 0.29) is 18.3 Å². The van der Waals surface area contributed by atoms with E-state index in [0.717, 1.165) is 0 Å². The van der Waals surface area contributed by atoms with Gasteiger partial charge < -0.3 is 10.5 Å². The van der Waals surface area contributed by atoms with Crippen LogP contribution in [-0.2, 0) is 14.3 Å². The first-order chi connectivity index (χ1) is 5.49. The maximum Gasteiger partial charge on any atom is 0.309 e. The number of carbonyl (C=O) groups excluding carboxylic acids is 2. The summed E-state index contributed by atoms with van der Waals surface area (Å²) in [7, 11) is 1.30. The molecule has 1 amide bonds. The van der Waals surface area contributed by atoms with E-state index in [4.69, 9.17) is 5.73 Å². The van der Waals surface area contributed by atoms with Crippen LogP contribution in [0.3, 0.4) is 0 Å². The average Bonchev–Trinajstić information content (AvgIpc) is 1.98. The van der Waals surface area contributed by atoms with Crippen LogP contribution in [0.15, 0.2) is 0 Å². The molecule has 70 valence electrons. The maximum absolute atomic E-state index is 11.1. The molecular weight excluding hydrogens is 158 g/mol. The summed E-state index contributed by atoms with van der Waals surface area (Å²) in [5.74, 6) is -1.18. The maximum atomic E-state index is 11.1. The van der Waals surface area contributed by atoms with Crippen LogP contribution >= 0.6 is 0 Å². The summed E-state index contributed by atoms with van der Waals surface area (Å²) in [5, 5.41) is 0. The van der Waals surface area contributed by atoms with Crippen molar-refractivity contribution in [3.05, 3.63) is 0 Å². The second-order valence-electron chi connectivity index (χ2n) is 3.04. The van der Waals surface area contributed by atoms with E-state index >= 15 is 0 Å². The number of amides is 1. The van der Waals surface area contributed by atoms with Crippen LogP contribution in [0.2, 0.25) is 0 Å². The molecule has 0 aliphatic rings. The number of hydrogen-bond donors (Lipinski definition) is 1. The summed E-state index contributed by atoms with van der Waals surface area (Å²) in [6.07, 6.45) is 0.0599. The lowest BCUT2D eigenvalue weighted by atomic mass is 9.92. The molecule has 2 N–H and O–H groups in total. The van der Waals surface area contributed by atoms with E-state index in [1.165, 1.54) is 7.11 Å². The molecule has 1 atom stereocenters. The predicted octanol–water partition coefficient (Wildman–Crippen LogP) is 0.307. The highest BCUT2D eigenvalue weighted by molar-refractivity contribution is 5.82. The third-order valence-corrected chi connectivity index (χ3v) is 1.73. The Morgan fingerprint density at radius 1 is 1.42 bits per heavy atom. The second kappa shape index (κ2) is 4.74. The lowest BCUT2D eigenvalue weighted by molar-refractivity contribution is -0.148. The number of methoxy groups -OCH3 is 1. The molecule has 0 bridgehead atoms. The highest BCUT2D eigenvalue weighted by Gasteiger charge is 2.24. The Morgan fingerprint density at radius 2 is 1.92 bits per heavy atom. The summed E-state index contributed by atoms with van der Waals surface area (Å²) in [6.45, 7) is 3.70. The van der Waals surface area contributed by atoms with Gasteiger partial charge in [-0.3, -0.25) is 9.59 Å². The van der Waals surface area contributed by atoms with Gasteiger partial charge in [0.15, 0.2) is 0 Å². The third kappa shape index (κ3) is 3.37. The van der Waals surface area contributed by atoms with Gasteiger partial charge in [0.05, 0.1) is 13.0 Å². The number of nitrogens with two attached hydrogens (primary N) is 1. The minimum absolute atomic E-state index is 0.0599. The molecule has 0 aliphatic carbocycles. The molecule has 0 aromatic heterocycles. The average molecular weight is 173 g/mol. The second-order valence-corrected chi connectivity index (χ2v) is 3.04. The van der Waals surface area contributed by atoms with Crippen LogP contribution in [0.1, 0.15) is 20.3 Å². The van der Waals surface area contributed by atoms with Crippen LogP contribution < -0.4 is 5.73 Å². The van der Waals surface area contributed by atoms with E-state index < -0.39 is 11.8 Å². The predicted molar refractivity (Wildman–Crippen MR) is 44.2 cm³/mol. The van der Waals surface area contributed by atoms with Crippen molar-refractivity contribution in [2.75, 3.05) is 7.11 Å². The molecule has 0 radical (unpaired) electrons. The Kier molecular flexibility index (Phi) is 4.33. The monoisotopic (exact) mass is 173 g/mol. The van der Waals surface area contributed by atoms with Crippen molar-refractivity contribution in [3.63, 3.8) is 0 Å². The molecule has 0 saturated heterocycles. The van der Waals surface area contributed by atoms with Gasteiger partial charge in [-0.1, -0.05) is 13.8 Å². The zero-order valence-electron chi connectivity index (χ0n) is 7.66. The summed E-state index contributed by atoms with van der Waals surface area (Å²) < 4.78 is 4.53. The molecule has 0 aromatic carbocycles. The van der Waals surface area contributed by atoms with Crippen LogP contribution in [-0.4, -0.2) is 19.0 Å². The SMILES string of the molecule is COC(=O)C(CC(N)=O)C(C)C. The van der Waals surface area contributed by atoms with Gasteiger partial charge in [-0.2, -0.15) is 0 Å². The van der Waals surface area contributed by atoms with E-state index in [0.29, 0.717) is 0 Å². The Labute approximate surface area is 72.1 Å². The first kappa shape index (κ1) is 10.9. The van der Waals surface area contributed by atoms with Gasteiger partial charge in [-0.15, -0.1) is 0 Å². The number of esters is 1. The van der Waals surface area contributed by atoms with Crippen molar-refractivity contribution in [1.29, 1.82) is 0 Å². The topological polar surface area (TPSA) is 69.4 Å². The van der Waals surface area contributed by atoms with Gasteiger partial charge in [-0.25, -0.2) is 0 Å². The minimum Gasteiger partial charge on any atom is -0.469 e. The van der Waals surface area contributed by atoms with Gasteiger partial charge in [0, 0.05) is 6.42 Å². The fourth-order valence-electron chi connectivity index (χ4n) is 0.959. The van der Waals surface area contributed by atoms with E-state index in [2.05, 4.69) is 4.74 Å². The normalized spacial score (nSPS) is 12.7. The number of rotatable bonds is 4. The van der Waals surface area contributed by atoms with Crippen molar-refractivity contribution in [1.82, 2.24) is 0 Å². The molecule has 0 fully saturated rings. The molecule has 12 heavy (non-hydrogen) atoms. The number of carbonyl (C=O) groups is 2. The van der Waals surface area contributed by atoms with Crippen molar-refractivity contribution < 1.29 is 14.3 Å². The van der Waals surface area contributed by atoms with Crippen molar-refractivity contribution in [3.8, 4) is 0 Å². The largest absolute Gasteiger partial charge is 0.469 e. The highest BCUT2D eigenvalue weighted by atomic mass is 16.5. The van der Waals surface area contributed by atoms with Crippen LogP contribution in [0, 0.1) is 11.8 Å². The molecule has 4 heteroatoms. The quantitative estimate of drug-likeness (QED) is 0.622. The number of hydrogen-bond acceptors (Lipinski definition) is 3. The van der Waals surface area contributed by atoms with Gasteiger partial charge in [0.2, 0.25) is 5.91 Å². The van der Waals surface area contributed by atoms with Gasteiger partial charge in [-0.05, 0) is 5.92 Å². The molecule has 0 aromatic rings. The molecular formula is C8H15NO3. The summed E-state index contributed by atoms with van der Waals surface area (Å²) in [6, 6.07) is 0. The molecule has 0 aliphatic heterocycles. The molecule has 1 unspecified atom stereocenters. The summed E-state index contributed by atoms with van der Waals surface area (Å²) >= 11 is 0. The van der Waals surface area contributed by atoms with Gasteiger partial charge in [0.1, 0.15) is 0 Å². The first-order valence-corrected chi connectivity index (χ1v) is 3.85. The summed E-state index contributed by atoms with van der Waals surface area (Å²) in [5.41, 5.74) is 4.98. The van der Waals surface area contributed by atoms with E-state index in [1.807, 2.05) is 13.8 Å². The van der Waals surface area contributed by atoms with Crippen LogP contribution in [0.25, 0.3) is 0 Å². The zero-order valence-corrected chi connectivity index (χ0v) is 7.66. The molecule has 0 heterocycles. The van der Waals surface area contributed by atoms with Gasteiger partial charge in [0.25, 0.3) is 0 Å². The van der Waals surface area contributed by atoms with Gasteiger partial charge >= 0.3 is 5.97 Å². The smallest absolute Gasteiger partial charge is 0.309 e. The summed E-state index contributed by atoms with van der Waals surface area (Å²) in [4.78, 5) is 21.6. The molecule has 0 spiro atoms. The van der Waals surface area contributed by atoms with Crippen molar-refractivity contribution in [2.24, 2.45) is 17.6 Å². The van der Waals surface area contributed by atoms with Crippen molar-refractivity contribution >= 4 is 11.9 Å². The Morgan fingerprint density at radius 3 is 2.17 bits per heavy atom. The fourth-order valence-corrected chi connectivity index (χ4v) is 0.959. The lowest BCUT2D eigenvalue weighted by Gasteiger charge is -2.15. The Bertz CT molecular complexity index is 177. The zero-order chi connectivity index (χ0) is 9.72.